The number of nitrogens with one attached hydrogen (secondary N) is 1. The standard InChI is InChI=1S/C17H17ClF2N2O5S/c1-26-15-8-14(16(27-2)7-11(15)18)21-17(23)9-22(28(3,24)25)10-4-5-12(19)13(20)6-10/h4-8H,9H2,1-3H3,(H,21,23). The Kier molecular flexibility index (Phi) is 6.68. The predicted molar refractivity (Wildman–Crippen MR) is 102 cm³/mol. The topological polar surface area (TPSA) is 84.9 Å². The molecule has 152 valence electrons. The molecule has 0 heterocycles. The Hall–Kier alpha value is -2.59. The first-order chi connectivity index (χ1) is 13.1. The zero-order valence-corrected chi connectivity index (χ0v) is 16.7. The van der Waals surface area contributed by atoms with E-state index in [1.165, 1.54) is 26.4 Å². The fourth-order valence-electron chi connectivity index (χ4n) is 2.32. The number of halogens is 3. The van der Waals surface area contributed by atoms with Crippen molar-refractivity contribution in [2.75, 3.05) is 36.6 Å². The summed E-state index contributed by atoms with van der Waals surface area (Å²) in [5, 5.41) is 2.73. The van der Waals surface area contributed by atoms with E-state index in [0.717, 1.165) is 18.4 Å². The van der Waals surface area contributed by atoms with Gasteiger partial charge < -0.3 is 14.8 Å². The first kappa shape index (κ1) is 21.7. The number of carbonyl (C=O) groups excluding carboxylic acids is 1. The maximum Gasteiger partial charge on any atom is 0.245 e. The second kappa shape index (κ2) is 8.61. The summed E-state index contributed by atoms with van der Waals surface area (Å²) >= 11 is 6.00. The summed E-state index contributed by atoms with van der Waals surface area (Å²) < 4.78 is 61.6. The van der Waals surface area contributed by atoms with E-state index in [9.17, 15) is 22.0 Å². The molecule has 1 amide bonds. The molecule has 0 aliphatic carbocycles. The molecule has 0 saturated carbocycles. The number of nitrogens with zero attached hydrogens (tertiary/aromatic N) is 1. The van der Waals surface area contributed by atoms with Crippen LogP contribution in [0.25, 0.3) is 0 Å². The highest BCUT2D eigenvalue weighted by Gasteiger charge is 2.23. The van der Waals surface area contributed by atoms with E-state index in [0.29, 0.717) is 10.4 Å². The summed E-state index contributed by atoms with van der Waals surface area (Å²) in [6, 6.07) is 5.34. The van der Waals surface area contributed by atoms with Gasteiger partial charge in [-0.3, -0.25) is 9.10 Å². The number of rotatable bonds is 7. The molecule has 0 aromatic heterocycles. The number of hydrogen-bond donors (Lipinski definition) is 1. The number of carbonyl (C=O) groups is 1. The number of methoxy groups -OCH3 is 2. The Balaban J connectivity index is 2.31. The zero-order chi connectivity index (χ0) is 21.1. The van der Waals surface area contributed by atoms with Gasteiger partial charge in [0.25, 0.3) is 0 Å². The van der Waals surface area contributed by atoms with Gasteiger partial charge in [-0.05, 0) is 12.1 Å². The molecule has 0 saturated heterocycles. The van der Waals surface area contributed by atoms with E-state index in [1.54, 1.807) is 0 Å². The number of benzene rings is 2. The van der Waals surface area contributed by atoms with Gasteiger partial charge in [0.1, 0.15) is 18.0 Å². The third-order valence-electron chi connectivity index (χ3n) is 3.63. The van der Waals surface area contributed by atoms with E-state index < -0.39 is 34.1 Å². The quantitative estimate of drug-likeness (QED) is 0.724. The summed E-state index contributed by atoms with van der Waals surface area (Å²) in [6.07, 6.45) is 0.841. The molecule has 7 nitrogen and oxygen atoms in total. The van der Waals surface area contributed by atoms with Crippen molar-refractivity contribution in [1.82, 2.24) is 0 Å². The highest BCUT2D eigenvalue weighted by atomic mass is 35.5. The summed E-state index contributed by atoms with van der Waals surface area (Å²) in [4.78, 5) is 12.4. The lowest BCUT2D eigenvalue weighted by Gasteiger charge is -2.22. The molecule has 0 bridgehead atoms. The van der Waals surface area contributed by atoms with Gasteiger partial charge in [0, 0.05) is 18.2 Å². The van der Waals surface area contributed by atoms with Crippen LogP contribution < -0.4 is 19.1 Å². The molecule has 2 aromatic rings. The average Bonchev–Trinajstić information content (AvgIpc) is 2.62. The molecule has 2 aromatic carbocycles. The second-order valence-electron chi connectivity index (χ2n) is 5.60. The SMILES string of the molecule is COc1cc(NC(=O)CN(c2ccc(F)c(F)c2)S(C)(=O)=O)c(OC)cc1Cl. The lowest BCUT2D eigenvalue weighted by molar-refractivity contribution is -0.114. The third-order valence-corrected chi connectivity index (χ3v) is 5.06. The minimum absolute atomic E-state index is 0.187. The van der Waals surface area contributed by atoms with Crippen molar-refractivity contribution in [3.8, 4) is 11.5 Å². The van der Waals surface area contributed by atoms with Gasteiger partial charge >= 0.3 is 0 Å². The molecular formula is C17H17ClF2N2O5S. The maximum atomic E-state index is 13.5. The van der Waals surface area contributed by atoms with Crippen LogP contribution in [0.4, 0.5) is 20.2 Å². The molecule has 0 radical (unpaired) electrons. The Labute approximate surface area is 165 Å². The van der Waals surface area contributed by atoms with Crippen molar-refractivity contribution in [3.05, 3.63) is 47.0 Å². The maximum absolute atomic E-state index is 13.5. The Morgan fingerprint density at radius 1 is 1.11 bits per heavy atom. The van der Waals surface area contributed by atoms with Crippen LogP contribution in [0.3, 0.4) is 0 Å². The van der Waals surface area contributed by atoms with Crippen LogP contribution in [0.1, 0.15) is 0 Å². The van der Waals surface area contributed by atoms with Crippen LogP contribution in [-0.4, -0.2) is 41.3 Å². The Morgan fingerprint density at radius 2 is 1.75 bits per heavy atom. The first-order valence-electron chi connectivity index (χ1n) is 7.71. The lowest BCUT2D eigenvalue weighted by Crippen LogP contribution is -2.37. The van der Waals surface area contributed by atoms with Crippen molar-refractivity contribution in [2.24, 2.45) is 0 Å². The fourth-order valence-corrected chi connectivity index (χ4v) is 3.40. The van der Waals surface area contributed by atoms with Crippen molar-refractivity contribution < 1.29 is 31.5 Å². The largest absolute Gasteiger partial charge is 0.495 e. The molecule has 0 aliphatic rings. The van der Waals surface area contributed by atoms with Gasteiger partial charge in [0.2, 0.25) is 15.9 Å². The van der Waals surface area contributed by atoms with Gasteiger partial charge in [0.15, 0.2) is 11.6 Å². The predicted octanol–water partition coefficient (Wildman–Crippen LogP) is 3.04. The van der Waals surface area contributed by atoms with E-state index in [1.807, 2.05) is 0 Å². The number of hydrogen-bond acceptors (Lipinski definition) is 5. The molecule has 28 heavy (non-hydrogen) atoms. The van der Waals surface area contributed by atoms with Gasteiger partial charge in [0.05, 0.1) is 36.9 Å². The summed E-state index contributed by atoms with van der Waals surface area (Å²) in [6.45, 7) is -0.683. The van der Waals surface area contributed by atoms with Crippen LogP contribution >= 0.6 is 11.6 Å². The molecule has 0 atom stereocenters. The fraction of sp³-hybridized carbons (Fsp3) is 0.235. The van der Waals surface area contributed by atoms with E-state index in [2.05, 4.69) is 5.32 Å². The summed E-state index contributed by atoms with van der Waals surface area (Å²) in [5.41, 5.74) is -0.00955. The van der Waals surface area contributed by atoms with Crippen molar-refractivity contribution >= 4 is 38.9 Å². The lowest BCUT2D eigenvalue weighted by atomic mass is 10.2. The molecule has 0 unspecified atom stereocenters. The molecule has 2 rings (SSSR count). The summed E-state index contributed by atoms with van der Waals surface area (Å²) in [5.74, 6) is -2.65. The van der Waals surface area contributed by atoms with Crippen LogP contribution in [0.5, 0.6) is 11.5 Å². The minimum Gasteiger partial charge on any atom is -0.495 e. The van der Waals surface area contributed by atoms with Gasteiger partial charge in [-0.1, -0.05) is 11.6 Å². The molecule has 0 fully saturated rings. The van der Waals surface area contributed by atoms with E-state index in [4.69, 9.17) is 21.1 Å². The van der Waals surface area contributed by atoms with Crippen LogP contribution in [0.2, 0.25) is 5.02 Å². The van der Waals surface area contributed by atoms with Crippen molar-refractivity contribution in [2.45, 2.75) is 0 Å². The molecule has 11 heteroatoms. The average molecular weight is 435 g/mol. The monoisotopic (exact) mass is 434 g/mol. The number of amides is 1. The van der Waals surface area contributed by atoms with E-state index >= 15 is 0 Å². The highest BCUT2D eigenvalue weighted by molar-refractivity contribution is 7.92. The number of sulfonamides is 1. The second-order valence-corrected chi connectivity index (χ2v) is 7.92. The van der Waals surface area contributed by atoms with Gasteiger partial charge in [-0.25, -0.2) is 17.2 Å². The van der Waals surface area contributed by atoms with Crippen molar-refractivity contribution in [3.63, 3.8) is 0 Å². The molecular weight excluding hydrogens is 418 g/mol. The molecule has 0 spiro atoms. The van der Waals surface area contributed by atoms with Crippen LogP contribution in [0.15, 0.2) is 30.3 Å². The third kappa shape index (κ3) is 5.02. The van der Waals surface area contributed by atoms with Crippen molar-refractivity contribution in [1.29, 1.82) is 0 Å². The normalized spacial score (nSPS) is 11.1. The Morgan fingerprint density at radius 3 is 2.29 bits per heavy atom. The van der Waals surface area contributed by atoms with Crippen LogP contribution in [0, 0.1) is 11.6 Å². The van der Waals surface area contributed by atoms with Crippen LogP contribution in [-0.2, 0) is 14.8 Å². The number of ether oxygens (including phenoxy) is 2. The molecule has 0 aliphatic heterocycles. The highest BCUT2D eigenvalue weighted by Crippen LogP contribution is 2.36. The Bertz CT molecular complexity index is 1000. The summed E-state index contributed by atoms with van der Waals surface area (Å²) in [7, 11) is -1.22. The smallest absolute Gasteiger partial charge is 0.245 e. The van der Waals surface area contributed by atoms with Gasteiger partial charge in [-0.15, -0.1) is 0 Å². The minimum atomic E-state index is -3.96. The zero-order valence-electron chi connectivity index (χ0n) is 15.1. The van der Waals surface area contributed by atoms with E-state index in [-0.39, 0.29) is 27.9 Å². The number of anilines is 2. The molecule has 1 N–H and O–H groups in total. The van der Waals surface area contributed by atoms with Gasteiger partial charge in [-0.2, -0.15) is 0 Å². The first-order valence-corrected chi connectivity index (χ1v) is 9.93.